The number of hydrogen-bond acceptors (Lipinski definition) is 2. The predicted molar refractivity (Wildman–Crippen MR) is 87.0 cm³/mol. The number of aliphatic hydroxyl groups is 1. The monoisotopic (exact) mass is 294 g/mol. The molecule has 0 aromatic carbocycles. The first-order valence-electron chi connectivity index (χ1n) is 8.22. The first-order chi connectivity index (χ1) is 10.2. The molecule has 3 heteroatoms. The van der Waals surface area contributed by atoms with Gasteiger partial charge in [0.2, 0.25) is 0 Å². The van der Waals surface area contributed by atoms with Gasteiger partial charge in [0.25, 0.3) is 0 Å². The highest BCUT2D eigenvalue weighted by molar-refractivity contribution is 5.66. The quantitative estimate of drug-likeness (QED) is 0.417. The lowest BCUT2D eigenvalue weighted by Crippen LogP contribution is -2.02. The number of carbonyl (C=O) groups is 1. The first-order valence-corrected chi connectivity index (χ1v) is 8.22. The van der Waals surface area contributed by atoms with Gasteiger partial charge in [0.1, 0.15) is 6.10 Å². The Morgan fingerprint density at radius 2 is 1.81 bits per heavy atom. The lowest BCUT2D eigenvalue weighted by Gasteiger charge is -2.02. The van der Waals surface area contributed by atoms with Gasteiger partial charge in [0.05, 0.1) is 0 Å². The fourth-order valence-electron chi connectivity index (χ4n) is 2.02. The maximum atomic E-state index is 10.3. The van der Waals surface area contributed by atoms with Gasteiger partial charge in [-0.2, -0.15) is 0 Å². The number of carboxylic acids is 1. The van der Waals surface area contributed by atoms with Crippen LogP contribution in [-0.4, -0.2) is 22.3 Å². The Hall–Kier alpha value is -1.27. The summed E-state index contributed by atoms with van der Waals surface area (Å²) in [5.41, 5.74) is 0. The van der Waals surface area contributed by atoms with Gasteiger partial charge in [0.15, 0.2) is 0 Å². The number of hydrogen-bond donors (Lipinski definition) is 2. The van der Waals surface area contributed by atoms with Gasteiger partial charge in [-0.05, 0) is 38.2 Å². The van der Waals surface area contributed by atoms with E-state index >= 15 is 0 Å². The summed E-state index contributed by atoms with van der Waals surface area (Å²) in [5.74, 6) is 4.97. The van der Waals surface area contributed by atoms with Crippen LogP contribution in [0, 0.1) is 11.8 Å². The highest BCUT2D eigenvalue weighted by Gasteiger charge is 2.00. The number of carboxylic acid groups (broad SMARTS) is 1. The van der Waals surface area contributed by atoms with E-state index in [9.17, 15) is 9.90 Å². The molecule has 21 heavy (non-hydrogen) atoms. The van der Waals surface area contributed by atoms with Crippen molar-refractivity contribution in [2.24, 2.45) is 0 Å². The van der Waals surface area contributed by atoms with E-state index < -0.39 is 12.1 Å². The molecular weight excluding hydrogens is 264 g/mol. The number of unbranched alkanes of at least 4 members (excludes halogenated alkanes) is 7. The van der Waals surface area contributed by atoms with Crippen molar-refractivity contribution >= 4 is 5.97 Å². The van der Waals surface area contributed by atoms with Crippen LogP contribution in [-0.2, 0) is 4.79 Å². The van der Waals surface area contributed by atoms with Crippen molar-refractivity contribution in [1.29, 1.82) is 0 Å². The zero-order valence-corrected chi connectivity index (χ0v) is 13.3. The summed E-state index contributed by atoms with van der Waals surface area (Å²) in [6, 6.07) is 0. The normalized spacial score (nSPS) is 12.1. The summed E-state index contributed by atoms with van der Waals surface area (Å²) < 4.78 is 0. The third-order valence-electron chi connectivity index (χ3n) is 3.29. The van der Waals surface area contributed by atoms with Gasteiger partial charge in [-0.1, -0.05) is 56.9 Å². The Morgan fingerprint density at radius 3 is 2.52 bits per heavy atom. The highest BCUT2D eigenvalue weighted by Crippen LogP contribution is 2.07. The van der Waals surface area contributed by atoms with E-state index in [0.717, 1.165) is 32.1 Å². The maximum Gasteiger partial charge on any atom is 0.303 e. The van der Waals surface area contributed by atoms with Crippen molar-refractivity contribution in [2.75, 3.05) is 0 Å². The van der Waals surface area contributed by atoms with Crippen molar-refractivity contribution in [3.05, 3.63) is 12.2 Å². The summed E-state index contributed by atoms with van der Waals surface area (Å²) >= 11 is 0. The Bertz CT molecular complexity index is 336. The molecule has 0 radical (unpaired) electrons. The van der Waals surface area contributed by atoms with E-state index in [-0.39, 0.29) is 6.42 Å². The molecule has 0 heterocycles. The number of aliphatic hydroxyl groups excluding tert-OH is 1. The molecule has 1 atom stereocenters. The minimum atomic E-state index is -0.734. The summed E-state index contributed by atoms with van der Waals surface area (Å²) in [6.45, 7) is 2.20. The van der Waals surface area contributed by atoms with Gasteiger partial charge in [-0.15, -0.1) is 0 Å². The van der Waals surface area contributed by atoms with Crippen molar-refractivity contribution in [2.45, 2.75) is 83.7 Å². The molecule has 0 saturated heterocycles. The molecule has 0 aromatic heterocycles. The van der Waals surface area contributed by atoms with Gasteiger partial charge in [0, 0.05) is 6.42 Å². The molecule has 0 rings (SSSR count). The molecule has 120 valence electrons. The third-order valence-corrected chi connectivity index (χ3v) is 3.29. The van der Waals surface area contributed by atoms with Crippen LogP contribution < -0.4 is 0 Å². The highest BCUT2D eigenvalue weighted by atomic mass is 16.4. The second kappa shape index (κ2) is 15.1. The Kier molecular flexibility index (Phi) is 14.2. The van der Waals surface area contributed by atoms with Crippen molar-refractivity contribution < 1.29 is 15.0 Å². The van der Waals surface area contributed by atoms with Crippen LogP contribution in [0.1, 0.15) is 77.6 Å². The van der Waals surface area contributed by atoms with Gasteiger partial charge >= 0.3 is 5.97 Å². The Morgan fingerprint density at radius 1 is 1.10 bits per heavy atom. The molecular formula is C18H30O3. The van der Waals surface area contributed by atoms with Crippen LogP contribution >= 0.6 is 0 Å². The predicted octanol–water partition coefficient (Wildman–Crippen LogP) is 4.30. The summed E-state index contributed by atoms with van der Waals surface area (Å²) in [7, 11) is 0. The summed E-state index contributed by atoms with van der Waals surface area (Å²) in [6.07, 6.45) is 13.8. The Labute approximate surface area is 129 Å². The van der Waals surface area contributed by atoms with E-state index in [0.29, 0.717) is 6.42 Å². The summed E-state index contributed by atoms with van der Waals surface area (Å²) in [4.78, 5) is 10.3. The van der Waals surface area contributed by atoms with Gasteiger partial charge < -0.3 is 10.2 Å². The first kappa shape index (κ1) is 19.7. The second-order valence-electron chi connectivity index (χ2n) is 5.40. The van der Waals surface area contributed by atoms with E-state index in [1.807, 2.05) is 6.08 Å². The zero-order chi connectivity index (χ0) is 15.8. The smallest absolute Gasteiger partial charge is 0.303 e. The van der Waals surface area contributed by atoms with Crippen LogP contribution in [0.15, 0.2) is 12.2 Å². The minimum Gasteiger partial charge on any atom is -0.481 e. The van der Waals surface area contributed by atoms with Crippen LogP contribution in [0.3, 0.4) is 0 Å². The standard InChI is InChI=1S/C18H30O3/c1-2-3-4-5-6-7-8-11-14-17(19)15-12-9-10-13-16-18(20)21/h7-8,17,19H,2-6,9-10,12-13,15-16H2,1H3,(H,20,21). The van der Waals surface area contributed by atoms with E-state index in [1.165, 1.54) is 25.7 Å². The van der Waals surface area contributed by atoms with Gasteiger partial charge in [-0.3, -0.25) is 4.79 Å². The van der Waals surface area contributed by atoms with E-state index in [2.05, 4.69) is 24.8 Å². The largest absolute Gasteiger partial charge is 0.481 e. The van der Waals surface area contributed by atoms with Crippen LogP contribution in [0.25, 0.3) is 0 Å². The third kappa shape index (κ3) is 16.7. The molecule has 3 nitrogen and oxygen atoms in total. The topological polar surface area (TPSA) is 57.5 Å². The molecule has 2 N–H and O–H groups in total. The lowest BCUT2D eigenvalue weighted by atomic mass is 10.1. The molecule has 0 aromatic rings. The second-order valence-corrected chi connectivity index (χ2v) is 5.40. The average Bonchev–Trinajstić information content (AvgIpc) is 2.45. The maximum absolute atomic E-state index is 10.3. The minimum absolute atomic E-state index is 0.241. The molecule has 0 saturated carbocycles. The van der Waals surface area contributed by atoms with Gasteiger partial charge in [-0.25, -0.2) is 0 Å². The lowest BCUT2D eigenvalue weighted by molar-refractivity contribution is -0.137. The molecule has 0 aliphatic carbocycles. The zero-order valence-electron chi connectivity index (χ0n) is 13.3. The van der Waals surface area contributed by atoms with E-state index in [1.54, 1.807) is 0 Å². The molecule has 0 amide bonds. The fourth-order valence-corrected chi connectivity index (χ4v) is 2.02. The number of allylic oxidation sites excluding steroid dienone is 2. The molecule has 0 bridgehead atoms. The van der Waals surface area contributed by atoms with Crippen molar-refractivity contribution in [3.63, 3.8) is 0 Å². The molecule has 0 spiro atoms. The van der Waals surface area contributed by atoms with Crippen LogP contribution in [0.5, 0.6) is 0 Å². The number of aliphatic carboxylic acids is 1. The average molecular weight is 294 g/mol. The Balaban J connectivity index is 3.48. The molecule has 0 fully saturated rings. The van der Waals surface area contributed by atoms with Crippen molar-refractivity contribution in [3.8, 4) is 11.8 Å². The van der Waals surface area contributed by atoms with E-state index in [4.69, 9.17) is 5.11 Å². The number of rotatable bonds is 12. The van der Waals surface area contributed by atoms with Crippen LogP contribution in [0.2, 0.25) is 0 Å². The SMILES string of the molecule is CCCCCCC=CC#CC(O)CCCCCCC(=O)O. The molecule has 1 unspecified atom stereocenters. The molecule has 0 aliphatic heterocycles. The molecule has 0 aliphatic rings. The fraction of sp³-hybridized carbons (Fsp3) is 0.722. The van der Waals surface area contributed by atoms with Crippen molar-refractivity contribution in [1.82, 2.24) is 0 Å². The summed E-state index contributed by atoms with van der Waals surface area (Å²) in [5, 5.41) is 18.2. The van der Waals surface area contributed by atoms with Crippen LogP contribution in [0.4, 0.5) is 0 Å².